The summed E-state index contributed by atoms with van der Waals surface area (Å²) in [6.45, 7) is 7.55. The highest BCUT2D eigenvalue weighted by atomic mass is 16.5. The number of anilines is 3. The monoisotopic (exact) mass is 581 g/mol. The van der Waals surface area contributed by atoms with Gasteiger partial charge in [-0.3, -0.25) is 19.4 Å². The molecule has 43 heavy (non-hydrogen) atoms. The van der Waals surface area contributed by atoms with Crippen LogP contribution in [0.4, 0.5) is 17.1 Å². The molecule has 3 heterocycles. The highest BCUT2D eigenvalue weighted by Crippen LogP contribution is 2.40. The van der Waals surface area contributed by atoms with Gasteiger partial charge in [-0.1, -0.05) is 18.2 Å². The minimum atomic E-state index is -1.14. The molecular weight excluding hydrogens is 542 g/mol. The van der Waals surface area contributed by atoms with Crippen molar-refractivity contribution in [2.24, 2.45) is 5.41 Å². The van der Waals surface area contributed by atoms with Crippen LogP contribution in [0.5, 0.6) is 5.75 Å². The largest absolute Gasteiger partial charge is 0.493 e. The summed E-state index contributed by atoms with van der Waals surface area (Å²) < 4.78 is 7.81. The summed E-state index contributed by atoms with van der Waals surface area (Å²) in [5.41, 5.74) is 2.21. The molecule has 0 fully saturated rings. The number of ether oxygens (including phenoxy) is 1. The number of hydrogen-bond acceptors (Lipinski definition) is 6. The van der Waals surface area contributed by atoms with Gasteiger partial charge in [0, 0.05) is 75.4 Å². The van der Waals surface area contributed by atoms with Crippen molar-refractivity contribution in [1.82, 2.24) is 9.55 Å². The van der Waals surface area contributed by atoms with Crippen molar-refractivity contribution in [2.75, 3.05) is 48.5 Å². The van der Waals surface area contributed by atoms with Gasteiger partial charge < -0.3 is 24.0 Å². The van der Waals surface area contributed by atoms with E-state index in [1.807, 2.05) is 74.8 Å². The summed E-state index contributed by atoms with van der Waals surface area (Å²) >= 11 is 0. The number of aromatic nitrogens is 2. The lowest BCUT2D eigenvalue weighted by Gasteiger charge is -2.27. The van der Waals surface area contributed by atoms with Gasteiger partial charge in [0.25, 0.3) is 5.56 Å². The maximum atomic E-state index is 13.1. The van der Waals surface area contributed by atoms with Crippen LogP contribution in [0.2, 0.25) is 0 Å². The molecular formula is C34H39N5O4. The van der Waals surface area contributed by atoms with E-state index < -0.39 is 5.41 Å². The molecule has 1 aliphatic rings. The standard InChI is InChI=1S/C34H39N5O4/c1-6-39-29-13-12-27(23-30(29)37(5)32(41)34(2,3)33(39)42)43-21-9-18-36(4)26-14-17-35-25(22-26)16-20-38-19-15-24-10-7-8-11-28(24)31(38)40/h7-8,10-15,17,19,22-23H,6,9,16,18,20-21H2,1-5H3. The molecule has 0 atom stereocenters. The Morgan fingerprint density at radius 3 is 2.53 bits per heavy atom. The second-order valence-corrected chi connectivity index (χ2v) is 11.5. The number of fused-ring (bicyclic) bond motifs is 2. The number of pyridine rings is 2. The zero-order valence-electron chi connectivity index (χ0n) is 25.5. The quantitative estimate of drug-likeness (QED) is 0.196. The third-order valence-electron chi connectivity index (χ3n) is 8.18. The summed E-state index contributed by atoms with van der Waals surface area (Å²) in [5, 5.41) is 1.67. The first-order chi connectivity index (χ1) is 20.6. The van der Waals surface area contributed by atoms with E-state index in [0.29, 0.717) is 43.2 Å². The molecule has 0 N–H and O–H groups in total. The summed E-state index contributed by atoms with van der Waals surface area (Å²) in [7, 11) is 3.74. The molecule has 2 aromatic carbocycles. The summed E-state index contributed by atoms with van der Waals surface area (Å²) in [5.74, 6) is 0.207. The van der Waals surface area contributed by atoms with Crippen LogP contribution >= 0.6 is 0 Å². The lowest BCUT2D eigenvalue weighted by atomic mass is 9.90. The summed E-state index contributed by atoms with van der Waals surface area (Å²) in [4.78, 5) is 48.9. The lowest BCUT2D eigenvalue weighted by molar-refractivity contribution is -0.137. The van der Waals surface area contributed by atoms with Gasteiger partial charge in [-0.25, -0.2) is 0 Å². The predicted octanol–water partition coefficient (Wildman–Crippen LogP) is 4.90. The predicted molar refractivity (Wildman–Crippen MR) is 171 cm³/mol. The highest BCUT2D eigenvalue weighted by Gasteiger charge is 2.45. The van der Waals surface area contributed by atoms with Crippen molar-refractivity contribution >= 4 is 39.6 Å². The Hall–Kier alpha value is -4.66. The van der Waals surface area contributed by atoms with Crippen molar-refractivity contribution in [3.05, 3.63) is 89.1 Å². The van der Waals surface area contributed by atoms with E-state index in [0.717, 1.165) is 35.1 Å². The van der Waals surface area contributed by atoms with Crippen LogP contribution in [-0.4, -0.2) is 55.2 Å². The third-order valence-corrected chi connectivity index (χ3v) is 8.18. The maximum Gasteiger partial charge on any atom is 0.258 e. The summed E-state index contributed by atoms with van der Waals surface area (Å²) in [6.07, 6.45) is 5.08. The van der Waals surface area contributed by atoms with E-state index in [4.69, 9.17) is 4.74 Å². The molecule has 0 saturated carbocycles. The van der Waals surface area contributed by atoms with Crippen molar-refractivity contribution in [3.63, 3.8) is 0 Å². The molecule has 0 radical (unpaired) electrons. The van der Waals surface area contributed by atoms with Gasteiger partial charge in [-0.05, 0) is 69.0 Å². The van der Waals surface area contributed by atoms with Crippen LogP contribution in [0.1, 0.15) is 32.9 Å². The number of amides is 2. The van der Waals surface area contributed by atoms with Gasteiger partial charge >= 0.3 is 0 Å². The Morgan fingerprint density at radius 2 is 1.74 bits per heavy atom. The van der Waals surface area contributed by atoms with Crippen LogP contribution in [0.25, 0.3) is 10.8 Å². The smallest absolute Gasteiger partial charge is 0.258 e. The second kappa shape index (κ2) is 12.3. The fraction of sp³-hybridized carbons (Fsp3) is 0.353. The van der Waals surface area contributed by atoms with E-state index >= 15 is 0 Å². The molecule has 1 aliphatic heterocycles. The van der Waals surface area contributed by atoms with Crippen LogP contribution in [-0.2, 0) is 22.6 Å². The normalized spacial score (nSPS) is 14.5. The molecule has 5 rings (SSSR count). The average Bonchev–Trinajstić information content (AvgIpc) is 3.07. The summed E-state index contributed by atoms with van der Waals surface area (Å²) in [6, 6.07) is 19.2. The zero-order valence-corrected chi connectivity index (χ0v) is 25.5. The van der Waals surface area contributed by atoms with Gasteiger partial charge in [0.15, 0.2) is 0 Å². The van der Waals surface area contributed by atoms with Crippen molar-refractivity contribution in [2.45, 2.75) is 40.2 Å². The van der Waals surface area contributed by atoms with Crippen LogP contribution in [0.15, 0.2) is 77.9 Å². The SMILES string of the molecule is CCN1C(=O)C(C)(C)C(=O)N(C)c2cc(OCCCN(C)c3ccnc(CCn4ccc5ccccc5c4=O)c3)ccc21. The van der Waals surface area contributed by atoms with Crippen molar-refractivity contribution < 1.29 is 14.3 Å². The Balaban J connectivity index is 1.17. The molecule has 0 bridgehead atoms. The molecule has 9 nitrogen and oxygen atoms in total. The average molecular weight is 582 g/mol. The Kier molecular flexibility index (Phi) is 8.52. The zero-order chi connectivity index (χ0) is 30.7. The van der Waals surface area contributed by atoms with Gasteiger partial charge in [-0.15, -0.1) is 0 Å². The first kappa shape index (κ1) is 29.8. The van der Waals surface area contributed by atoms with E-state index in [1.165, 1.54) is 0 Å². The molecule has 2 aromatic heterocycles. The highest BCUT2D eigenvalue weighted by molar-refractivity contribution is 6.20. The number of rotatable bonds is 10. The number of benzene rings is 2. The van der Waals surface area contributed by atoms with Gasteiger partial charge in [0.1, 0.15) is 11.2 Å². The number of nitrogens with zero attached hydrogens (tertiary/aromatic N) is 5. The van der Waals surface area contributed by atoms with Crippen molar-refractivity contribution in [1.29, 1.82) is 0 Å². The lowest BCUT2D eigenvalue weighted by Crippen LogP contribution is -2.47. The van der Waals surface area contributed by atoms with E-state index in [9.17, 15) is 14.4 Å². The van der Waals surface area contributed by atoms with Gasteiger partial charge in [0.2, 0.25) is 11.8 Å². The Bertz CT molecular complexity index is 1710. The molecule has 0 spiro atoms. The number of carbonyl (C=O) groups is 2. The third kappa shape index (κ3) is 5.98. The molecule has 0 unspecified atom stereocenters. The first-order valence-corrected chi connectivity index (χ1v) is 14.7. The number of hydrogen-bond donors (Lipinski definition) is 0. The van der Waals surface area contributed by atoms with E-state index in [-0.39, 0.29) is 17.4 Å². The Morgan fingerprint density at radius 1 is 0.953 bits per heavy atom. The number of carbonyl (C=O) groups excluding carboxylic acids is 2. The molecule has 0 saturated heterocycles. The van der Waals surface area contributed by atoms with Crippen LogP contribution in [0.3, 0.4) is 0 Å². The van der Waals surface area contributed by atoms with Crippen LogP contribution < -0.4 is 25.0 Å². The maximum absolute atomic E-state index is 13.1. The minimum Gasteiger partial charge on any atom is -0.493 e. The van der Waals surface area contributed by atoms with Gasteiger partial charge in [-0.2, -0.15) is 0 Å². The fourth-order valence-corrected chi connectivity index (χ4v) is 5.57. The topological polar surface area (TPSA) is 88.0 Å². The molecule has 4 aromatic rings. The number of aryl methyl sites for hydroxylation is 2. The Labute approximate surface area is 252 Å². The van der Waals surface area contributed by atoms with E-state index in [1.54, 1.807) is 41.5 Å². The fourth-order valence-electron chi connectivity index (χ4n) is 5.57. The molecule has 224 valence electrons. The first-order valence-electron chi connectivity index (χ1n) is 14.7. The van der Waals surface area contributed by atoms with Crippen LogP contribution in [0, 0.1) is 5.41 Å². The minimum absolute atomic E-state index is 0.0131. The van der Waals surface area contributed by atoms with Crippen molar-refractivity contribution in [3.8, 4) is 5.75 Å². The van der Waals surface area contributed by atoms with E-state index in [2.05, 4.69) is 16.0 Å². The molecule has 2 amide bonds. The molecule has 9 heteroatoms. The second-order valence-electron chi connectivity index (χ2n) is 11.5. The van der Waals surface area contributed by atoms with Gasteiger partial charge in [0.05, 0.1) is 18.0 Å². The molecule has 0 aliphatic carbocycles.